The zero-order valence-corrected chi connectivity index (χ0v) is 19.1. The minimum Gasteiger partial charge on any atom is -0.496 e. The van der Waals surface area contributed by atoms with Crippen molar-refractivity contribution >= 4 is 11.6 Å². The van der Waals surface area contributed by atoms with Crippen LogP contribution in [0.5, 0.6) is 5.75 Å². The quantitative estimate of drug-likeness (QED) is 0.635. The van der Waals surface area contributed by atoms with E-state index in [1.807, 2.05) is 0 Å². The maximum Gasteiger partial charge on any atom is 0.255 e. The van der Waals surface area contributed by atoms with Crippen LogP contribution in [0.4, 0.5) is 11.6 Å². The fraction of sp³-hybridized carbons (Fsp3) is 0.417. The molecule has 1 unspecified atom stereocenters. The Labute approximate surface area is 193 Å². The van der Waals surface area contributed by atoms with Gasteiger partial charge in [-0.25, -0.2) is 15.0 Å². The maximum atomic E-state index is 12.7. The summed E-state index contributed by atoms with van der Waals surface area (Å²) in [5.74, 6) is 1.52. The molecular weight excluding hydrogens is 418 g/mol. The van der Waals surface area contributed by atoms with Crippen molar-refractivity contribution in [1.29, 1.82) is 0 Å². The largest absolute Gasteiger partial charge is 0.496 e. The van der Waals surface area contributed by atoms with Crippen molar-refractivity contribution in [3.8, 4) is 17.1 Å². The summed E-state index contributed by atoms with van der Waals surface area (Å²) < 4.78 is 7.39. The van der Waals surface area contributed by atoms with Crippen LogP contribution in [-0.4, -0.2) is 59.4 Å². The number of anilines is 2. The van der Waals surface area contributed by atoms with Gasteiger partial charge in [0, 0.05) is 69.4 Å². The van der Waals surface area contributed by atoms with Gasteiger partial charge in [0.2, 0.25) is 5.95 Å². The smallest absolute Gasteiger partial charge is 0.255 e. The monoisotopic (exact) mass is 447 g/mol. The molecule has 172 valence electrons. The molecular formula is C24H29N7O2. The molecule has 1 aromatic carbocycles. The summed E-state index contributed by atoms with van der Waals surface area (Å²) in [7, 11) is 3.49. The number of methoxy groups -OCH3 is 1. The molecule has 2 fully saturated rings. The fourth-order valence-electron chi connectivity index (χ4n) is 4.68. The van der Waals surface area contributed by atoms with Gasteiger partial charge in [0.25, 0.3) is 5.56 Å². The molecule has 0 saturated carbocycles. The van der Waals surface area contributed by atoms with Gasteiger partial charge in [-0.05, 0) is 25.0 Å². The number of ether oxygens (including phenoxy) is 1. The third-order valence-corrected chi connectivity index (χ3v) is 6.48. The lowest BCUT2D eigenvalue weighted by atomic mass is 10.0. The number of rotatable bonds is 5. The average Bonchev–Trinajstić information content (AvgIpc) is 3.41. The third kappa shape index (κ3) is 4.28. The summed E-state index contributed by atoms with van der Waals surface area (Å²) in [6.07, 6.45) is 5.60. The summed E-state index contributed by atoms with van der Waals surface area (Å²) in [5, 5.41) is 3.61. The summed E-state index contributed by atoms with van der Waals surface area (Å²) in [6, 6.07) is 9.83. The molecule has 3 aromatic rings. The lowest BCUT2D eigenvalue weighted by Gasteiger charge is -2.36. The molecule has 2 aliphatic rings. The second-order valence-corrected chi connectivity index (χ2v) is 8.51. The van der Waals surface area contributed by atoms with Crippen molar-refractivity contribution in [3.05, 3.63) is 58.8 Å². The Kier molecular flexibility index (Phi) is 5.95. The second kappa shape index (κ2) is 9.19. The second-order valence-electron chi connectivity index (χ2n) is 8.51. The van der Waals surface area contributed by atoms with Gasteiger partial charge < -0.3 is 19.9 Å². The Morgan fingerprint density at radius 1 is 1.06 bits per heavy atom. The van der Waals surface area contributed by atoms with E-state index in [0.717, 1.165) is 37.5 Å². The Bertz CT molecular complexity index is 1180. The molecule has 5 rings (SSSR count). The molecule has 0 radical (unpaired) electrons. The summed E-state index contributed by atoms with van der Waals surface area (Å²) in [5.41, 5.74) is 3.40. The molecule has 0 aliphatic carbocycles. The van der Waals surface area contributed by atoms with Gasteiger partial charge in [-0.15, -0.1) is 0 Å². The van der Waals surface area contributed by atoms with E-state index in [1.165, 1.54) is 30.9 Å². The number of nitrogens with zero attached hydrogens (tertiary/aromatic N) is 6. The van der Waals surface area contributed by atoms with Gasteiger partial charge in [-0.3, -0.25) is 9.36 Å². The molecule has 9 heteroatoms. The van der Waals surface area contributed by atoms with Crippen LogP contribution in [0, 0.1) is 0 Å². The number of aromatic nitrogens is 4. The molecule has 2 aliphatic heterocycles. The minimum absolute atomic E-state index is 0.0564. The first-order valence-corrected chi connectivity index (χ1v) is 11.4. The van der Waals surface area contributed by atoms with E-state index in [0.29, 0.717) is 23.9 Å². The van der Waals surface area contributed by atoms with Crippen LogP contribution in [-0.2, 0) is 7.05 Å². The van der Waals surface area contributed by atoms with Gasteiger partial charge in [0.05, 0.1) is 24.5 Å². The van der Waals surface area contributed by atoms with Gasteiger partial charge in [-0.2, -0.15) is 0 Å². The van der Waals surface area contributed by atoms with Crippen molar-refractivity contribution in [1.82, 2.24) is 24.8 Å². The van der Waals surface area contributed by atoms with E-state index in [4.69, 9.17) is 9.72 Å². The number of nitrogens with one attached hydrogen (secondary N) is 1. The van der Waals surface area contributed by atoms with Crippen molar-refractivity contribution in [2.24, 2.45) is 7.05 Å². The Balaban J connectivity index is 1.44. The predicted molar refractivity (Wildman–Crippen MR) is 128 cm³/mol. The van der Waals surface area contributed by atoms with Crippen LogP contribution in [0.25, 0.3) is 11.4 Å². The van der Waals surface area contributed by atoms with E-state index in [9.17, 15) is 4.79 Å². The van der Waals surface area contributed by atoms with Crippen molar-refractivity contribution in [2.45, 2.75) is 18.9 Å². The summed E-state index contributed by atoms with van der Waals surface area (Å²) in [6.45, 7) is 4.39. The number of hydrogen-bond donors (Lipinski definition) is 1. The van der Waals surface area contributed by atoms with Gasteiger partial charge in [0.1, 0.15) is 12.1 Å². The van der Waals surface area contributed by atoms with E-state index in [1.54, 1.807) is 31.0 Å². The normalized spacial score (nSPS) is 18.5. The molecule has 0 amide bonds. The van der Waals surface area contributed by atoms with Gasteiger partial charge in [-0.1, -0.05) is 6.07 Å². The SMILES string of the molecule is COc1cc(N2CCCC2)ccc1C1CN(c2nc(-c3ccncn3)cc(=O)n2C)CCN1. The molecule has 4 heterocycles. The van der Waals surface area contributed by atoms with E-state index >= 15 is 0 Å². The van der Waals surface area contributed by atoms with Gasteiger partial charge >= 0.3 is 0 Å². The minimum atomic E-state index is -0.115. The number of benzene rings is 1. The van der Waals surface area contributed by atoms with Crippen LogP contribution < -0.4 is 25.4 Å². The zero-order valence-electron chi connectivity index (χ0n) is 19.1. The molecule has 33 heavy (non-hydrogen) atoms. The molecule has 1 atom stereocenters. The molecule has 2 saturated heterocycles. The topological polar surface area (TPSA) is 88.4 Å². The van der Waals surface area contributed by atoms with Crippen LogP contribution >= 0.6 is 0 Å². The lowest BCUT2D eigenvalue weighted by Crippen LogP contribution is -2.47. The first kappa shape index (κ1) is 21.4. The highest BCUT2D eigenvalue weighted by atomic mass is 16.5. The summed E-state index contributed by atoms with van der Waals surface area (Å²) >= 11 is 0. The number of hydrogen-bond acceptors (Lipinski definition) is 8. The van der Waals surface area contributed by atoms with Crippen LogP contribution in [0.1, 0.15) is 24.4 Å². The lowest BCUT2D eigenvalue weighted by molar-refractivity contribution is 0.390. The number of piperazine rings is 1. The van der Waals surface area contributed by atoms with Crippen LogP contribution in [0.2, 0.25) is 0 Å². The van der Waals surface area contributed by atoms with Crippen LogP contribution in [0.15, 0.2) is 47.7 Å². The van der Waals surface area contributed by atoms with Crippen molar-refractivity contribution < 1.29 is 4.74 Å². The molecule has 0 bridgehead atoms. The van der Waals surface area contributed by atoms with Crippen LogP contribution in [0.3, 0.4) is 0 Å². The Morgan fingerprint density at radius 2 is 1.91 bits per heavy atom. The average molecular weight is 448 g/mol. The van der Waals surface area contributed by atoms with E-state index in [2.05, 4.69) is 43.3 Å². The molecule has 9 nitrogen and oxygen atoms in total. The molecule has 0 spiro atoms. The summed E-state index contributed by atoms with van der Waals surface area (Å²) in [4.78, 5) is 30.3. The predicted octanol–water partition coefficient (Wildman–Crippen LogP) is 2.00. The first-order chi connectivity index (χ1) is 16.1. The molecule has 1 N–H and O–H groups in total. The zero-order chi connectivity index (χ0) is 22.8. The van der Waals surface area contributed by atoms with Gasteiger partial charge in [0.15, 0.2) is 0 Å². The maximum absolute atomic E-state index is 12.7. The highest BCUT2D eigenvalue weighted by Gasteiger charge is 2.27. The first-order valence-electron chi connectivity index (χ1n) is 11.4. The van der Waals surface area contributed by atoms with Crippen molar-refractivity contribution in [2.75, 3.05) is 49.6 Å². The van der Waals surface area contributed by atoms with E-state index < -0.39 is 0 Å². The van der Waals surface area contributed by atoms with E-state index in [-0.39, 0.29) is 11.6 Å². The third-order valence-electron chi connectivity index (χ3n) is 6.48. The Morgan fingerprint density at radius 3 is 2.67 bits per heavy atom. The molecule has 2 aromatic heterocycles. The van der Waals surface area contributed by atoms with Crippen molar-refractivity contribution in [3.63, 3.8) is 0 Å². The highest BCUT2D eigenvalue weighted by molar-refractivity contribution is 5.57. The highest BCUT2D eigenvalue weighted by Crippen LogP contribution is 2.33. The Hall–Kier alpha value is -3.46. The standard InChI is InChI=1S/C24H29N7O2/c1-29-23(32)14-20(19-7-8-25-16-27-19)28-24(29)31-12-9-26-21(15-31)18-6-5-17(13-22(18)33-2)30-10-3-4-11-30/h5-8,13-14,16,21,26H,3-4,9-12,15H2,1-2H3. The fourth-order valence-corrected chi connectivity index (χ4v) is 4.68.